The lowest BCUT2D eigenvalue weighted by Crippen LogP contribution is -2.39. The van der Waals surface area contributed by atoms with Gasteiger partial charge in [0.15, 0.2) is 0 Å². The zero-order valence-corrected chi connectivity index (χ0v) is 14.2. The molecule has 3 heterocycles. The molecule has 2 saturated heterocycles. The van der Waals surface area contributed by atoms with Crippen molar-refractivity contribution in [2.75, 3.05) is 19.6 Å². The quantitative estimate of drug-likeness (QED) is 0.731. The van der Waals surface area contributed by atoms with Crippen LogP contribution in [0.4, 0.5) is 0 Å². The van der Waals surface area contributed by atoms with E-state index in [0.717, 1.165) is 42.8 Å². The number of hydrogen-bond donors (Lipinski definition) is 3. The van der Waals surface area contributed by atoms with Gasteiger partial charge in [0, 0.05) is 12.0 Å². The van der Waals surface area contributed by atoms with Crippen molar-refractivity contribution in [3.05, 3.63) is 29.6 Å². The summed E-state index contributed by atoms with van der Waals surface area (Å²) in [7, 11) is 0. The Morgan fingerprint density at radius 2 is 2.20 bits per heavy atom. The summed E-state index contributed by atoms with van der Waals surface area (Å²) in [6, 6.07) is 5.37. The summed E-state index contributed by atoms with van der Waals surface area (Å²) in [6.45, 7) is 3.92. The first-order valence-corrected chi connectivity index (χ1v) is 8.72. The summed E-state index contributed by atoms with van der Waals surface area (Å²) in [5.74, 6) is 0.539. The van der Waals surface area contributed by atoms with Crippen LogP contribution in [0.3, 0.4) is 0 Å². The summed E-state index contributed by atoms with van der Waals surface area (Å²) in [6.07, 6.45) is 2.07. The fourth-order valence-electron chi connectivity index (χ4n) is 3.85. The number of aromatic amines is 1. The predicted molar refractivity (Wildman–Crippen MR) is 92.2 cm³/mol. The molecule has 0 saturated carbocycles. The van der Waals surface area contributed by atoms with Crippen molar-refractivity contribution in [2.24, 2.45) is 5.41 Å². The first-order valence-electron chi connectivity index (χ1n) is 8.72. The van der Waals surface area contributed by atoms with E-state index in [1.165, 1.54) is 0 Å². The first-order chi connectivity index (χ1) is 12.1. The van der Waals surface area contributed by atoms with Crippen molar-refractivity contribution in [3.63, 3.8) is 0 Å². The number of carbonyl (C=O) groups is 2. The van der Waals surface area contributed by atoms with Gasteiger partial charge in [0.05, 0.1) is 23.0 Å². The third kappa shape index (κ3) is 3.00. The van der Waals surface area contributed by atoms with Gasteiger partial charge in [-0.3, -0.25) is 9.59 Å². The van der Waals surface area contributed by atoms with Crippen LogP contribution in [0.1, 0.15) is 35.4 Å². The predicted octanol–water partition coefficient (Wildman–Crippen LogP) is 1.29. The lowest BCUT2D eigenvalue weighted by Gasteiger charge is -2.29. The van der Waals surface area contributed by atoms with Crippen LogP contribution in [0.5, 0.6) is 0 Å². The Morgan fingerprint density at radius 3 is 3.00 bits per heavy atom. The minimum Gasteiger partial charge on any atom is -0.460 e. The lowest BCUT2D eigenvalue weighted by atomic mass is 9.76. The van der Waals surface area contributed by atoms with E-state index in [9.17, 15) is 9.59 Å². The molecular weight excluding hydrogens is 320 g/mol. The SMILES string of the molecule is Cc1nc2ccc(C(=O)NCC3CC4(CCNCC4)C(=O)O3)cc2[nH]1. The molecule has 7 heteroatoms. The lowest BCUT2D eigenvalue weighted by molar-refractivity contribution is -0.149. The van der Waals surface area contributed by atoms with E-state index in [-0.39, 0.29) is 23.4 Å². The number of rotatable bonds is 3. The van der Waals surface area contributed by atoms with Gasteiger partial charge in [0.1, 0.15) is 11.9 Å². The zero-order chi connectivity index (χ0) is 17.4. The van der Waals surface area contributed by atoms with Crippen molar-refractivity contribution < 1.29 is 14.3 Å². The van der Waals surface area contributed by atoms with E-state index in [2.05, 4.69) is 20.6 Å². The Kier molecular flexibility index (Phi) is 3.95. The maximum Gasteiger partial charge on any atom is 0.312 e. The van der Waals surface area contributed by atoms with Crippen molar-refractivity contribution >= 4 is 22.9 Å². The van der Waals surface area contributed by atoms with E-state index < -0.39 is 0 Å². The molecule has 0 aliphatic carbocycles. The maximum absolute atomic E-state index is 12.4. The summed E-state index contributed by atoms with van der Waals surface area (Å²) in [5, 5.41) is 6.16. The fourth-order valence-corrected chi connectivity index (χ4v) is 3.85. The van der Waals surface area contributed by atoms with Crippen LogP contribution in [0.2, 0.25) is 0 Å². The molecule has 2 aliphatic heterocycles. The van der Waals surface area contributed by atoms with E-state index in [1.54, 1.807) is 12.1 Å². The minimum atomic E-state index is -0.354. The topological polar surface area (TPSA) is 96.1 Å². The third-order valence-electron chi connectivity index (χ3n) is 5.24. The molecular formula is C18H22N4O3. The number of nitrogens with one attached hydrogen (secondary N) is 3. The van der Waals surface area contributed by atoms with Crippen LogP contribution in [-0.2, 0) is 9.53 Å². The van der Waals surface area contributed by atoms with Gasteiger partial charge in [-0.1, -0.05) is 0 Å². The summed E-state index contributed by atoms with van der Waals surface area (Å²) < 4.78 is 5.52. The van der Waals surface area contributed by atoms with Crippen molar-refractivity contribution in [3.8, 4) is 0 Å². The molecule has 1 aromatic carbocycles. The van der Waals surface area contributed by atoms with Crippen LogP contribution >= 0.6 is 0 Å². The van der Waals surface area contributed by atoms with Gasteiger partial charge in [-0.15, -0.1) is 0 Å². The number of carbonyl (C=O) groups excluding carboxylic acids is 2. The molecule has 1 unspecified atom stereocenters. The van der Waals surface area contributed by atoms with Crippen LogP contribution in [0.15, 0.2) is 18.2 Å². The first kappa shape index (κ1) is 16.1. The Hall–Kier alpha value is -2.41. The highest BCUT2D eigenvalue weighted by atomic mass is 16.6. The third-order valence-corrected chi connectivity index (χ3v) is 5.24. The van der Waals surface area contributed by atoms with Gasteiger partial charge in [0.2, 0.25) is 0 Å². The highest BCUT2D eigenvalue weighted by molar-refractivity contribution is 5.97. The number of cyclic esters (lactones) is 1. The van der Waals surface area contributed by atoms with E-state index >= 15 is 0 Å². The number of fused-ring (bicyclic) bond motifs is 1. The largest absolute Gasteiger partial charge is 0.460 e. The molecule has 7 nitrogen and oxygen atoms in total. The molecule has 2 aliphatic rings. The normalized spacial score (nSPS) is 22.3. The number of hydrogen-bond acceptors (Lipinski definition) is 5. The summed E-state index contributed by atoms with van der Waals surface area (Å²) >= 11 is 0. The van der Waals surface area contributed by atoms with Crippen LogP contribution in [0.25, 0.3) is 11.0 Å². The molecule has 2 aromatic rings. The van der Waals surface area contributed by atoms with Gasteiger partial charge in [0.25, 0.3) is 5.91 Å². The average Bonchev–Trinajstić information content (AvgIpc) is 3.12. The Morgan fingerprint density at radius 1 is 1.40 bits per heavy atom. The van der Waals surface area contributed by atoms with Gasteiger partial charge < -0.3 is 20.4 Å². The number of aryl methyl sites for hydroxylation is 1. The van der Waals surface area contributed by atoms with Crippen LogP contribution in [-0.4, -0.2) is 47.6 Å². The van der Waals surface area contributed by atoms with Crippen molar-refractivity contribution in [2.45, 2.75) is 32.3 Å². The smallest absolute Gasteiger partial charge is 0.312 e. The molecule has 25 heavy (non-hydrogen) atoms. The number of nitrogens with zero attached hydrogens (tertiary/aromatic N) is 1. The van der Waals surface area contributed by atoms with Gasteiger partial charge >= 0.3 is 5.97 Å². The average molecular weight is 342 g/mol. The number of esters is 1. The number of benzene rings is 1. The number of ether oxygens (including phenoxy) is 1. The van der Waals surface area contributed by atoms with E-state index in [4.69, 9.17) is 4.74 Å². The second-order valence-corrected chi connectivity index (χ2v) is 7.03. The standard InChI is InChI=1S/C18H22N4O3/c1-11-21-14-3-2-12(8-15(14)22-11)16(23)20-10-13-9-18(17(24)25-13)4-6-19-7-5-18/h2-3,8,13,19H,4-7,9-10H2,1H3,(H,20,23)(H,21,22). The monoisotopic (exact) mass is 342 g/mol. The Balaban J connectivity index is 1.39. The molecule has 0 bridgehead atoms. The highest BCUT2D eigenvalue weighted by Crippen LogP contribution is 2.41. The fraction of sp³-hybridized carbons (Fsp3) is 0.500. The molecule has 2 fully saturated rings. The number of aromatic nitrogens is 2. The van der Waals surface area contributed by atoms with Gasteiger partial charge in [-0.2, -0.15) is 0 Å². The molecule has 1 amide bonds. The second-order valence-electron chi connectivity index (χ2n) is 7.03. The summed E-state index contributed by atoms with van der Waals surface area (Å²) in [4.78, 5) is 32.1. The molecule has 3 N–H and O–H groups in total. The van der Waals surface area contributed by atoms with Crippen molar-refractivity contribution in [1.82, 2.24) is 20.6 Å². The molecule has 132 valence electrons. The Labute approximate surface area is 145 Å². The number of imidazole rings is 1. The number of H-pyrrole nitrogens is 1. The molecule has 0 radical (unpaired) electrons. The minimum absolute atomic E-state index is 0.109. The van der Waals surface area contributed by atoms with Crippen molar-refractivity contribution in [1.29, 1.82) is 0 Å². The maximum atomic E-state index is 12.4. The molecule has 1 aromatic heterocycles. The summed E-state index contributed by atoms with van der Waals surface area (Å²) in [5.41, 5.74) is 1.89. The number of amides is 1. The van der Waals surface area contributed by atoms with Gasteiger partial charge in [-0.25, -0.2) is 4.98 Å². The number of piperidine rings is 1. The molecule has 1 atom stereocenters. The van der Waals surface area contributed by atoms with E-state index in [1.807, 2.05) is 13.0 Å². The van der Waals surface area contributed by atoms with E-state index in [0.29, 0.717) is 18.5 Å². The highest BCUT2D eigenvalue weighted by Gasteiger charge is 2.49. The van der Waals surface area contributed by atoms with Crippen LogP contribution in [0, 0.1) is 12.3 Å². The molecule has 1 spiro atoms. The molecule has 4 rings (SSSR count). The zero-order valence-electron chi connectivity index (χ0n) is 14.2. The Bertz CT molecular complexity index is 823. The second kappa shape index (κ2) is 6.15. The van der Waals surface area contributed by atoms with Crippen LogP contribution < -0.4 is 10.6 Å². The van der Waals surface area contributed by atoms with Gasteiger partial charge in [-0.05, 0) is 51.1 Å².